The first kappa shape index (κ1) is 15.7. The molecule has 0 aliphatic rings. The van der Waals surface area contributed by atoms with Crippen LogP contribution in [0, 0.1) is 0 Å². The standard InChI is InChI=1S/C12H18ClN3O3/c13-10-2-1-9(14)7-11(10)15-12(19)8-16(3-5-17)4-6-18/h1-2,7,17-18H,3-6,8,14H2,(H,15,19). The molecule has 1 amide bonds. The molecule has 0 aromatic heterocycles. The van der Waals surface area contributed by atoms with Crippen LogP contribution in [0.1, 0.15) is 0 Å². The van der Waals surface area contributed by atoms with Crippen LogP contribution in [-0.2, 0) is 4.79 Å². The molecule has 1 aromatic carbocycles. The summed E-state index contributed by atoms with van der Waals surface area (Å²) in [6.07, 6.45) is 0. The number of benzene rings is 1. The van der Waals surface area contributed by atoms with Gasteiger partial charge in [-0.05, 0) is 18.2 Å². The van der Waals surface area contributed by atoms with Crippen LogP contribution in [0.2, 0.25) is 5.02 Å². The van der Waals surface area contributed by atoms with Crippen molar-refractivity contribution in [1.82, 2.24) is 4.90 Å². The van der Waals surface area contributed by atoms with Gasteiger partial charge in [-0.15, -0.1) is 0 Å². The number of amides is 1. The van der Waals surface area contributed by atoms with Crippen LogP contribution in [0.25, 0.3) is 0 Å². The quantitative estimate of drug-likeness (QED) is 0.535. The fourth-order valence-electron chi connectivity index (χ4n) is 1.58. The van der Waals surface area contributed by atoms with E-state index in [1.807, 2.05) is 0 Å². The van der Waals surface area contributed by atoms with Gasteiger partial charge in [0, 0.05) is 18.8 Å². The molecule has 0 aliphatic carbocycles. The van der Waals surface area contributed by atoms with Gasteiger partial charge >= 0.3 is 0 Å². The smallest absolute Gasteiger partial charge is 0.238 e. The van der Waals surface area contributed by atoms with Crippen LogP contribution >= 0.6 is 11.6 Å². The van der Waals surface area contributed by atoms with E-state index < -0.39 is 0 Å². The average molecular weight is 288 g/mol. The van der Waals surface area contributed by atoms with Crippen molar-refractivity contribution in [2.45, 2.75) is 0 Å². The highest BCUT2D eigenvalue weighted by Crippen LogP contribution is 2.23. The molecular formula is C12H18ClN3O3. The molecule has 0 unspecified atom stereocenters. The summed E-state index contributed by atoms with van der Waals surface area (Å²) in [5.74, 6) is -0.283. The lowest BCUT2D eigenvalue weighted by Gasteiger charge is -2.19. The predicted molar refractivity (Wildman–Crippen MR) is 75.1 cm³/mol. The van der Waals surface area contributed by atoms with E-state index in [2.05, 4.69) is 5.32 Å². The molecular weight excluding hydrogens is 270 g/mol. The molecule has 5 N–H and O–H groups in total. The molecule has 0 spiro atoms. The first-order valence-corrected chi connectivity index (χ1v) is 6.23. The van der Waals surface area contributed by atoms with E-state index in [-0.39, 0.29) is 25.7 Å². The summed E-state index contributed by atoms with van der Waals surface area (Å²) in [5.41, 5.74) is 6.56. The van der Waals surface area contributed by atoms with Gasteiger partial charge in [0.05, 0.1) is 30.5 Å². The fourth-order valence-corrected chi connectivity index (χ4v) is 1.75. The first-order valence-electron chi connectivity index (χ1n) is 5.85. The van der Waals surface area contributed by atoms with Crippen LogP contribution < -0.4 is 11.1 Å². The second-order valence-corrected chi connectivity index (χ2v) is 4.42. The van der Waals surface area contributed by atoms with Gasteiger partial charge in [-0.25, -0.2) is 0 Å². The fraction of sp³-hybridized carbons (Fsp3) is 0.417. The zero-order valence-corrected chi connectivity index (χ0v) is 11.2. The highest BCUT2D eigenvalue weighted by molar-refractivity contribution is 6.33. The third-order valence-corrected chi connectivity index (χ3v) is 2.79. The minimum Gasteiger partial charge on any atom is -0.399 e. The molecule has 106 valence electrons. The number of hydrogen-bond acceptors (Lipinski definition) is 5. The van der Waals surface area contributed by atoms with Crippen LogP contribution in [0.5, 0.6) is 0 Å². The number of aliphatic hydroxyl groups is 2. The van der Waals surface area contributed by atoms with Crippen LogP contribution in [0.4, 0.5) is 11.4 Å². The van der Waals surface area contributed by atoms with Gasteiger partial charge in [-0.1, -0.05) is 11.6 Å². The molecule has 6 nitrogen and oxygen atoms in total. The molecule has 0 saturated carbocycles. The first-order chi connectivity index (χ1) is 9.06. The van der Waals surface area contributed by atoms with Crippen LogP contribution in [0.15, 0.2) is 18.2 Å². The van der Waals surface area contributed by atoms with Crippen molar-refractivity contribution in [3.05, 3.63) is 23.2 Å². The number of carbonyl (C=O) groups is 1. The van der Waals surface area contributed by atoms with Crippen molar-refractivity contribution in [3.8, 4) is 0 Å². The number of nitrogens with one attached hydrogen (secondary N) is 1. The summed E-state index contributed by atoms with van der Waals surface area (Å²) in [6.45, 7) is 0.544. The van der Waals surface area contributed by atoms with Gasteiger partial charge in [0.25, 0.3) is 0 Å². The Labute approximate surface area is 116 Å². The van der Waals surface area contributed by atoms with Gasteiger partial charge in [0.2, 0.25) is 5.91 Å². The lowest BCUT2D eigenvalue weighted by molar-refractivity contribution is -0.117. The van der Waals surface area contributed by atoms with E-state index in [9.17, 15) is 4.79 Å². The number of nitrogens with two attached hydrogens (primary N) is 1. The van der Waals surface area contributed by atoms with Crippen molar-refractivity contribution < 1.29 is 15.0 Å². The Morgan fingerprint density at radius 3 is 2.53 bits per heavy atom. The molecule has 1 aromatic rings. The van der Waals surface area contributed by atoms with Crippen molar-refractivity contribution >= 4 is 28.9 Å². The molecule has 0 atom stereocenters. The number of rotatable bonds is 7. The Morgan fingerprint density at radius 1 is 1.32 bits per heavy atom. The van der Waals surface area contributed by atoms with Gasteiger partial charge in [0.15, 0.2) is 0 Å². The number of carbonyl (C=O) groups excluding carboxylic acids is 1. The predicted octanol–water partition coefficient (Wildman–Crippen LogP) is 0.147. The molecule has 19 heavy (non-hydrogen) atoms. The zero-order valence-electron chi connectivity index (χ0n) is 10.5. The number of anilines is 2. The maximum absolute atomic E-state index is 11.8. The Kier molecular flexibility index (Phi) is 6.58. The molecule has 7 heteroatoms. The number of halogens is 1. The largest absolute Gasteiger partial charge is 0.399 e. The van der Waals surface area contributed by atoms with E-state index in [4.69, 9.17) is 27.5 Å². The maximum Gasteiger partial charge on any atom is 0.238 e. The van der Waals surface area contributed by atoms with Crippen LogP contribution in [-0.4, -0.2) is 53.9 Å². The SMILES string of the molecule is Nc1ccc(Cl)c(NC(=O)CN(CCO)CCO)c1. The van der Waals surface area contributed by atoms with Gasteiger partial charge in [-0.3, -0.25) is 9.69 Å². The molecule has 0 aliphatic heterocycles. The Hall–Kier alpha value is -1.34. The third-order valence-electron chi connectivity index (χ3n) is 2.46. The van der Waals surface area contributed by atoms with Crippen molar-refractivity contribution in [3.63, 3.8) is 0 Å². The van der Waals surface area contributed by atoms with E-state index >= 15 is 0 Å². The molecule has 0 bridgehead atoms. The van der Waals surface area contributed by atoms with E-state index in [1.165, 1.54) is 0 Å². The van der Waals surface area contributed by atoms with Gasteiger partial charge in [-0.2, -0.15) is 0 Å². The van der Waals surface area contributed by atoms with Crippen molar-refractivity contribution in [1.29, 1.82) is 0 Å². The summed E-state index contributed by atoms with van der Waals surface area (Å²) in [4.78, 5) is 13.5. The number of aliphatic hydroxyl groups excluding tert-OH is 2. The van der Waals surface area contributed by atoms with Gasteiger partial charge in [0.1, 0.15) is 0 Å². The second kappa shape index (κ2) is 7.96. The maximum atomic E-state index is 11.8. The molecule has 0 saturated heterocycles. The summed E-state index contributed by atoms with van der Waals surface area (Å²) in [7, 11) is 0. The Bertz CT molecular complexity index is 423. The highest BCUT2D eigenvalue weighted by Gasteiger charge is 2.11. The van der Waals surface area contributed by atoms with E-state index in [0.29, 0.717) is 29.5 Å². The average Bonchev–Trinajstić information content (AvgIpc) is 2.34. The number of hydrogen-bond donors (Lipinski definition) is 4. The normalized spacial score (nSPS) is 10.7. The molecule has 0 heterocycles. The van der Waals surface area contributed by atoms with Gasteiger partial charge < -0.3 is 21.3 Å². The van der Waals surface area contributed by atoms with E-state index in [1.54, 1.807) is 23.1 Å². The summed E-state index contributed by atoms with van der Waals surface area (Å²) in [6, 6.07) is 4.82. The topological polar surface area (TPSA) is 98.8 Å². The summed E-state index contributed by atoms with van der Waals surface area (Å²) < 4.78 is 0. The zero-order chi connectivity index (χ0) is 14.3. The number of nitrogen functional groups attached to an aromatic ring is 1. The van der Waals surface area contributed by atoms with Crippen molar-refractivity contribution in [2.24, 2.45) is 0 Å². The summed E-state index contributed by atoms with van der Waals surface area (Å²) >= 11 is 5.94. The van der Waals surface area contributed by atoms with E-state index in [0.717, 1.165) is 0 Å². The Balaban J connectivity index is 2.60. The monoisotopic (exact) mass is 287 g/mol. The number of nitrogens with zero attached hydrogens (tertiary/aromatic N) is 1. The summed E-state index contributed by atoms with van der Waals surface area (Å²) in [5, 5.41) is 20.8. The van der Waals surface area contributed by atoms with Crippen LogP contribution in [0.3, 0.4) is 0 Å². The highest BCUT2D eigenvalue weighted by atomic mass is 35.5. The molecule has 0 radical (unpaired) electrons. The molecule has 0 fully saturated rings. The minimum absolute atomic E-state index is 0.0618. The second-order valence-electron chi connectivity index (χ2n) is 4.01. The third kappa shape index (κ3) is 5.44. The van der Waals surface area contributed by atoms with Crippen molar-refractivity contribution in [2.75, 3.05) is 43.9 Å². The minimum atomic E-state index is -0.283. The Morgan fingerprint density at radius 2 is 1.95 bits per heavy atom. The molecule has 1 rings (SSSR count). The lowest BCUT2D eigenvalue weighted by atomic mass is 10.3. The lowest BCUT2D eigenvalue weighted by Crippen LogP contribution is -2.37.